The second-order valence-electron chi connectivity index (χ2n) is 4.60. The molecule has 1 atom stereocenters. The number of hydrogen-bond acceptors (Lipinski definition) is 3. The SMILES string of the molecule is CNC(Cc1cccnc1N)c1ccc(F)c(C)c1. The minimum Gasteiger partial charge on any atom is -0.383 e. The van der Waals surface area contributed by atoms with Gasteiger partial charge < -0.3 is 11.1 Å². The van der Waals surface area contributed by atoms with E-state index in [2.05, 4.69) is 10.3 Å². The number of nitrogens with one attached hydrogen (secondary N) is 1. The van der Waals surface area contributed by atoms with Gasteiger partial charge in [0.25, 0.3) is 0 Å². The highest BCUT2D eigenvalue weighted by Gasteiger charge is 2.13. The summed E-state index contributed by atoms with van der Waals surface area (Å²) in [5, 5.41) is 3.23. The Labute approximate surface area is 112 Å². The van der Waals surface area contributed by atoms with Crippen LogP contribution in [0.2, 0.25) is 0 Å². The smallest absolute Gasteiger partial charge is 0.126 e. The fourth-order valence-corrected chi connectivity index (χ4v) is 2.11. The first-order chi connectivity index (χ1) is 9.11. The summed E-state index contributed by atoms with van der Waals surface area (Å²) in [7, 11) is 1.88. The molecule has 1 aromatic heterocycles. The molecule has 0 bridgehead atoms. The molecule has 2 aromatic rings. The summed E-state index contributed by atoms with van der Waals surface area (Å²) in [6.07, 6.45) is 2.40. The second-order valence-corrected chi connectivity index (χ2v) is 4.60. The van der Waals surface area contributed by atoms with Crippen LogP contribution in [-0.2, 0) is 6.42 Å². The van der Waals surface area contributed by atoms with Gasteiger partial charge in [0.05, 0.1) is 0 Å². The molecule has 0 aliphatic rings. The van der Waals surface area contributed by atoms with Crippen LogP contribution < -0.4 is 11.1 Å². The maximum atomic E-state index is 13.3. The van der Waals surface area contributed by atoms with Crippen LogP contribution in [0.4, 0.5) is 10.2 Å². The quantitative estimate of drug-likeness (QED) is 0.887. The van der Waals surface area contributed by atoms with Gasteiger partial charge in [0.1, 0.15) is 11.6 Å². The van der Waals surface area contributed by atoms with Crippen molar-refractivity contribution in [1.29, 1.82) is 0 Å². The normalized spacial score (nSPS) is 12.4. The number of halogens is 1. The van der Waals surface area contributed by atoms with Crippen molar-refractivity contribution >= 4 is 5.82 Å². The maximum Gasteiger partial charge on any atom is 0.126 e. The van der Waals surface area contributed by atoms with E-state index >= 15 is 0 Å². The Morgan fingerprint density at radius 1 is 1.37 bits per heavy atom. The van der Waals surface area contributed by atoms with Gasteiger partial charge in [-0.05, 0) is 49.2 Å². The zero-order chi connectivity index (χ0) is 13.8. The first-order valence-electron chi connectivity index (χ1n) is 6.24. The lowest BCUT2D eigenvalue weighted by Gasteiger charge is -2.18. The van der Waals surface area contributed by atoms with E-state index in [9.17, 15) is 4.39 Å². The van der Waals surface area contributed by atoms with Crippen LogP contribution in [0.5, 0.6) is 0 Å². The van der Waals surface area contributed by atoms with Crippen molar-refractivity contribution in [2.75, 3.05) is 12.8 Å². The number of aryl methyl sites for hydroxylation is 1. The molecule has 0 saturated heterocycles. The van der Waals surface area contributed by atoms with Gasteiger partial charge in [-0.3, -0.25) is 0 Å². The molecular formula is C15H18FN3. The lowest BCUT2D eigenvalue weighted by Crippen LogP contribution is -2.19. The molecule has 19 heavy (non-hydrogen) atoms. The molecule has 3 nitrogen and oxygen atoms in total. The number of hydrogen-bond donors (Lipinski definition) is 2. The molecule has 0 radical (unpaired) electrons. The fourth-order valence-electron chi connectivity index (χ4n) is 2.11. The Bertz CT molecular complexity index is 569. The number of nitrogen functional groups attached to an aromatic ring is 1. The molecule has 1 heterocycles. The molecule has 2 rings (SSSR count). The van der Waals surface area contributed by atoms with Crippen LogP contribution in [0, 0.1) is 12.7 Å². The highest BCUT2D eigenvalue weighted by Crippen LogP contribution is 2.22. The number of benzene rings is 1. The minimum absolute atomic E-state index is 0.0887. The Hall–Kier alpha value is -1.94. The molecule has 1 aromatic carbocycles. The van der Waals surface area contributed by atoms with E-state index in [0.29, 0.717) is 11.4 Å². The average Bonchev–Trinajstić information content (AvgIpc) is 2.41. The van der Waals surface area contributed by atoms with E-state index in [1.54, 1.807) is 19.2 Å². The van der Waals surface area contributed by atoms with Crippen molar-refractivity contribution in [3.05, 3.63) is 59.0 Å². The van der Waals surface area contributed by atoms with Gasteiger partial charge in [0, 0.05) is 12.2 Å². The number of nitrogens with zero attached hydrogens (tertiary/aromatic N) is 1. The van der Waals surface area contributed by atoms with Crippen molar-refractivity contribution in [2.45, 2.75) is 19.4 Å². The van der Waals surface area contributed by atoms with E-state index in [4.69, 9.17) is 5.73 Å². The standard InChI is InChI=1S/C15H18FN3/c1-10-8-11(5-6-13(10)16)14(18-2)9-12-4-3-7-19-15(12)17/h3-8,14,18H,9H2,1-2H3,(H2,17,19). The molecule has 0 aliphatic carbocycles. The summed E-state index contributed by atoms with van der Waals surface area (Å²) in [6, 6.07) is 9.09. The second kappa shape index (κ2) is 5.80. The summed E-state index contributed by atoms with van der Waals surface area (Å²) in [4.78, 5) is 4.08. The van der Waals surface area contributed by atoms with Crippen molar-refractivity contribution in [3.63, 3.8) is 0 Å². The van der Waals surface area contributed by atoms with Crippen molar-refractivity contribution in [2.24, 2.45) is 0 Å². The number of likely N-dealkylation sites (N-methyl/N-ethyl adjacent to an activating group) is 1. The zero-order valence-corrected chi connectivity index (χ0v) is 11.2. The molecule has 0 aliphatic heterocycles. The Kier molecular flexibility index (Phi) is 4.12. The predicted octanol–water partition coefficient (Wildman–Crippen LogP) is 2.61. The number of rotatable bonds is 4. The van der Waals surface area contributed by atoms with Gasteiger partial charge in [-0.2, -0.15) is 0 Å². The monoisotopic (exact) mass is 259 g/mol. The van der Waals surface area contributed by atoms with Gasteiger partial charge in [-0.25, -0.2) is 9.37 Å². The Balaban J connectivity index is 2.25. The van der Waals surface area contributed by atoms with Crippen molar-refractivity contribution < 1.29 is 4.39 Å². The summed E-state index contributed by atoms with van der Waals surface area (Å²) >= 11 is 0. The van der Waals surface area contributed by atoms with Gasteiger partial charge >= 0.3 is 0 Å². The van der Waals surface area contributed by atoms with Gasteiger partial charge in [-0.1, -0.05) is 18.2 Å². The van der Waals surface area contributed by atoms with Crippen molar-refractivity contribution in [1.82, 2.24) is 10.3 Å². The number of nitrogens with two attached hydrogens (primary N) is 1. The highest BCUT2D eigenvalue weighted by atomic mass is 19.1. The third kappa shape index (κ3) is 3.09. The van der Waals surface area contributed by atoms with Crippen LogP contribution in [-0.4, -0.2) is 12.0 Å². The first kappa shape index (κ1) is 13.5. The molecule has 0 spiro atoms. The van der Waals surface area contributed by atoms with Crippen LogP contribution in [0.1, 0.15) is 22.7 Å². The van der Waals surface area contributed by atoms with Gasteiger partial charge in [0.2, 0.25) is 0 Å². The lowest BCUT2D eigenvalue weighted by molar-refractivity contribution is 0.583. The zero-order valence-electron chi connectivity index (χ0n) is 11.2. The van der Waals surface area contributed by atoms with Crippen LogP contribution >= 0.6 is 0 Å². The number of aromatic nitrogens is 1. The van der Waals surface area contributed by atoms with Crippen LogP contribution in [0.25, 0.3) is 0 Å². The third-order valence-electron chi connectivity index (χ3n) is 3.28. The summed E-state index contributed by atoms with van der Waals surface area (Å²) in [5.74, 6) is 0.362. The molecule has 0 saturated carbocycles. The van der Waals surface area contributed by atoms with E-state index < -0.39 is 0 Å². The molecule has 3 N–H and O–H groups in total. The van der Waals surface area contributed by atoms with E-state index in [-0.39, 0.29) is 11.9 Å². The van der Waals surface area contributed by atoms with E-state index in [1.165, 1.54) is 6.07 Å². The average molecular weight is 259 g/mol. The van der Waals surface area contributed by atoms with E-state index in [1.807, 2.05) is 25.2 Å². The largest absolute Gasteiger partial charge is 0.383 e. The van der Waals surface area contributed by atoms with Crippen LogP contribution in [0.3, 0.4) is 0 Å². The Morgan fingerprint density at radius 2 is 2.16 bits per heavy atom. The Morgan fingerprint density at radius 3 is 2.79 bits per heavy atom. The maximum absolute atomic E-state index is 13.3. The summed E-state index contributed by atoms with van der Waals surface area (Å²) in [6.45, 7) is 1.77. The molecule has 1 unspecified atom stereocenters. The van der Waals surface area contributed by atoms with E-state index in [0.717, 1.165) is 17.5 Å². The van der Waals surface area contributed by atoms with Crippen molar-refractivity contribution in [3.8, 4) is 0 Å². The lowest BCUT2D eigenvalue weighted by atomic mass is 9.98. The predicted molar refractivity (Wildman–Crippen MR) is 75.3 cm³/mol. The minimum atomic E-state index is -0.181. The molecular weight excluding hydrogens is 241 g/mol. The number of pyridine rings is 1. The molecule has 0 fully saturated rings. The van der Waals surface area contributed by atoms with Crippen LogP contribution in [0.15, 0.2) is 36.5 Å². The fraction of sp³-hybridized carbons (Fsp3) is 0.267. The molecule has 4 heteroatoms. The first-order valence-corrected chi connectivity index (χ1v) is 6.24. The summed E-state index contributed by atoms with van der Waals surface area (Å²) in [5.41, 5.74) is 8.54. The third-order valence-corrected chi connectivity index (χ3v) is 3.28. The number of anilines is 1. The highest BCUT2D eigenvalue weighted by molar-refractivity contribution is 5.40. The molecule has 100 valence electrons. The van der Waals surface area contributed by atoms with Gasteiger partial charge in [0.15, 0.2) is 0 Å². The summed E-state index contributed by atoms with van der Waals surface area (Å²) < 4.78 is 13.3. The molecule has 0 amide bonds. The topological polar surface area (TPSA) is 50.9 Å². The van der Waals surface area contributed by atoms with Gasteiger partial charge in [-0.15, -0.1) is 0 Å².